The molecule has 7 nitrogen and oxygen atoms in total. The summed E-state index contributed by atoms with van der Waals surface area (Å²) in [6, 6.07) is 8.08. The predicted octanol–water partition coefficient (Wildman–Crippen LogP) is 4.49. The van der Waals surface area contributed by atoms with Crippen LogP contribution in [-0.2, 0) is 12.8 Å². The van der Waals surface area contributed by atoms with E-state index in [4.69, 9.17) is 26.5 Å². The van der Waals surface area contributed by atoms with Gasteiger partial charge in [0.05, 0.1) is 6.61 Å². The van der Waals surface area contributed by atoms with Crippen molar-refractivity contribution < 1.29 is 14.6 Å². The number of hydrogen-bond acceptors (Lipinski definition) is 5. The Bertz CT molecular complexity index is 981. The topological polar surface area (TPSA) is 118 Å². The van der Waals surface area contributed by atoms with Crippen molar-refractivity contribution in [2.75, 3.05) is 13.2 Å². The van der Waals surface area contributed by atoms with E-state index in [9.17, 15) is 5.11 Å². The van der Waals surface area contributed by atoms with Gasteiger partial charge in [0.2, 0.25) is 5.96 Å². The van der Waals surface area contributed by atoms with Crippen LogP contribution in [0.3, 0.4) is 0 Å². The van der Waals surface area contributed by atoms with Gasteiger partial charge in [-0.1, -0.05) is 12.1 Å². The van der Waals surface area contributed by atoms with Crippen LogP contribution in [0, 0.1) is 26.2 Å². The first-order valence-corrected chi connectivity index (χ1v) is 11.2. The number of halogens is 1. The second-order valence-corrected chi connectivity index (χ2v) is 9.01. The zero-order valence-electron chi connectivity index (χ0n) is 20.0. The Kier molecular flexibility index (Phi) is 9.25. The summed E-state index contributed by atoms with van der Waals surface area (Å²) in [6.07, 6.45) is 4.25. The number of nitrogens with zero attached hydrogens (tertiary/aromatic N) is 1. The van der Waals surface area contributed by atoms with Gasteiger partial charge in [0.1, 0.15) is 22.8 Å². The normalized spacial score (nSPS) is 16.9. The molecule has 1 aliphatic rings. The van der Waals surface area contributed by atoms with Crippen LogP contribution in [-0.4, -0.2) is 34.8 Å². The van der Waals surface area contributed by atoms with Crippen LogP contribution >= 0.6 is 24.0 Å². The quantitative estimate of drug-likeness (QED) is 0.123. The molecule has 182 valence electrons. The van der Waals surface area contributed by atoms with E-state index in [0.29, 0.717) is 18.9 Å². The van der Waals surface area contributed by atoms with Gasteiger partial charge >= 0.3 is 0 Å². The molecule has 1 unspecified atom stereocenters. The summed E-state index contributed by atoms with van der Waals surface area (Å²) in [6.45, 7) is 9.18. The second kappa shape index (κ2) is 11.3. The molecule has 6 N–H and O–H groups in total. The summed E-state index contributed by atoms with van der Waals surface area (Å²) in [7, 11) is 0. The third-order valence-corrected chi connectivity index (χ3v) is 6.59. The number of fused-ring (bicyclic) bond motifs is 1. The van der Waals surface area contributed by atoms with Crippen molar-refractivity contribution in [2.24, 2.45) is 11.6 Å². The number of rotatable bonds is 8. The summed E-state index contributed by atoms with van der Waals surface area (Å²) < 4.78 is 12.5. The van der Waals surface area contributed by atoms with Gasteiger partial charge in [-0.05, 0) is 87.8 Å². The largest absolute Gasteiger partial charge is 0.507 e. The van der Waals surface area contributed by atoms with Gasteiger partial charge in [0.25, 0.3) is 0 Å². The molecular formula is C25H37IN4O3. The van der Waals surface area contributed by atoms with Crippen LogP contribution in [0.25, 0.3) is 0 Å². The number of aromatic hydroxyl groups is 1. The van der Waals surface area contributed by atoms with Crippen molar-refractivity contribution in [2.45, 2.75) is 65.4 Å². The van der Waals surface area contributed by atoms with Crippen LogP contribution in [0.1, 0.15) is 54.0 Å². The van der Waals surface area contributed by atoms with E-state index in [1.54, 1.807) is 0 Å². The van der Waals surface area contributed by atoms with E-state index in [1.807, 2.05) is 32.9 Å². The first kappa shape index (κ1) is 27.0. The van der Waals surface area contributed by atoms with Crippen LogP contribution in [0.15, 0.2) is 24.3 Å². The molecule has 2 aromatic carbocycles. The zero-order valence-corrected chi connectivity index (χ0v) is 22.4. The Hall–Kier alpha value is -2.20. The van der Waals surface area contributed by atoms with Gasteiger partial charge < -0.3 is 20.3 Å². The fourth-order valence-electron chi connectivity index (χ4n) is 4.18. The minimum Gasteiger partial charge on any atom is -0.507 e. The molecule has 1 atom stereocenters. The van der Waals surface area contributed by atoms with E-state index < -0.39 is 0 Å². The van der Waals surface area contributed by atoms with Gasteiger partial charge in [0.15, 0.2) is 0 Å². The van der Waals surface area contributed by atoms with E-state index >= 15 is 0 Å². The molecule has 0 aliphatic carbocycles. The zero-order chi connectivity index (χ0) is 23.5. The molecule has 0 amide bonds. The smallest absolute Gasteiger partial charge is 0.202 e. The Morgan fingerprint density at radius 2 is 1.85 bits per heavy atom. The van der Waals surface area contributed by atoms with Crippen molar-refractivity contribution in [1.82, 2.24) is 5.01 Å². The molecule has 1 aliphatic heterocycles. The van der Waals surface area contributed by atoms with Crippen LogP contribution in [0.5, 0.6) is 17.2 Å². The van der Waals surface area contributed by atoms with Gasteiger partial charge in [-0.3, -0.25) is 10.4 Å². The lowest BCUT2D eigenvalue weighted by molar-refractivity contribution is 0.0411. The maximum Gasteiger partial charge on any atom is 0.202 e. The molecule has 0 saturated carbocycles. The van der Waals surface area contributed by atoms with Gasteiger partial charge in [-0.15, -0.1) is 24.0 Å². The lowest BCUT2D eigenvalue weighted by Crippen LogP contribution is -2.42. The lowest BCUT2D eigenvalue weighted by Gasteiger charge is -2.38. The molecule has 0 radical (unpaired) electrons. The van der Waals surface area contributed by atoms with Crippen LogP contribution < -0.4 is 21.1 Å². The molecule has 0 bridgehead atoms. The van der Waals surface area contributed by atoms with Crippen LogP contribution in [0.2, 0.25) is 0 Å². The summed E-state index contributed by atoms with van der Waals surface area (Å²) >= 11 is 0. The minimum absolute atomic E-state index is 0. The molecule has 0 saturated heterocycles. The van der Waals surface area contributed by atoms with Crippen molar-refractivity contribution >= 4 is 29.9 Å². The van der Waals surface area contributed by atoms with Crippen molar-refractivity contribution in [3.8, 4) is 17.2 Å². The summed E-state index contributed by atoms with van der Waals surface area (Å²) in [4.78, 5) is 0. The van der Waals surface area contributed by atoms with Gasteiger partial charge in [-0.25, -0.2) is 5.84 Å². The number of nitrogens with one attached hydrogen (secondary N) is 1. The van der Waals surface area contributed by atoms with Crippen molar-refractivity contribution in [3.63, 3.8) is 0 Å². The highest BCUT2D eigenvalue weighted by molar-refractivity contribution is 14.0. The maximum absolute atomic E-state index is 10.4. The monoisotopic (exact) mass is 568 g/mol. The predicted molar refractivity (Wildman–Crippen MR) is 143 cm³/mol. The van der Waals surface area contributed by atoms with Crippen LogP contribution in [0.4, 0.5) is 0 Å². The van der Waals surface area contributed by atoms with E-state index in [0.717, 1.165) is 65.9 Å². The fraction of sp³-hybridized carbons (Fsp3) is 0.480. The van der Waals surface area contributed by atoms with E-state index in [2.05, 4.69) is 19.1 Å². The van der Waals surface area contributed by atoms with Gasteiger partial charge in [0, 0.05) is 18.5 Å². The lowest BCUT2D eigenvalue weighted by atomic mass is 9.86. The fourth-order valence-corrected chi connectivity index (χ4v) is 4.18. The maximum atomic E-state index is 10.4. The number of phenolic OH excluding ortho intramolecular Hbond substituents is 1. The Morgan fingerprint density at radius 3 is 2.48 bits per heavy atom. The van der Waals surface area contributed by atoms with E-state index in [1.165, 1.54) is 10.6 Å². The highest BCUT2D eigenvalue weighted by atomic mass is 127. The number of ether oxygens (including phenoxy) is 2. The Labute approximate surface area is 213 Å². The molecule has 8 heteroatoms. The molecule has 0 fully saturated rings. The molecule has 2 aromatic rings. The number of hydrazine groups is 1. The first-order chi connectivity index (χ1) is 15.1. The second-order valence-electron chi connectivity index (χ2n) is 9.01. The third kappa shape index (κ3) is 6.44. The first-order valence-electron chi connectivity index (χ1n) is 11.2. The Morgan fingerprint density at radius 1 is 1.18 bits per heavy atom. The molecule has 0 aromatic heterocycles. The van der Waals surface area contributed by atoms with Crippen molar-refractivity contribution in [3.05, 3.63) is 52.1 Å². The number of hydrogen-bond donors (Lipinski definition) is 4. The van der Waals surface area contributed by atoms with Gasteiger partial charge in [-0.2, -0.15) is 0 Å². The molecular weight excluding hydrogens is 531 g/mol. The highest BCUT2D eigenvalue weighted by Crippen LogP contribution is 2.44. The summed E-state index contributed by atoms with van der Waals surface area (Å²) in [5.41, 5.74) is 10.2. The van der Waals surface area contributed by atoms with E-state index in [-0.39, 0.29) is 35.5 Å². The molecule has 1 heterocycles. The number of phenols is 1. The standard InChI is InChI=1S/C25H36N4O3.HI/c1-16-17(2)23-21(18(3)22(16)30)11-12-25(4,32-23)13-15-31-20-9-7-19(8-10-20)6-5-14-29(28)24(26)27;/h7-10,30H,5-6,11-15,28H2,1-4H3,(H3,26,27);1H. The van der Waals surface area contributed by atoms with Crippen molar-refractivity contribution in [1.29, 1.82) is 5.41 Å². The number of nitrogens with two attached hydrogens (primary N) is 2. The minimum atomic E-state index is -0.293. The molecule has 3 rings (SSSR count). The Balaban J connectivity index is 0.00000385. The number of aryl methyl sites for hydroxylation is 1. The average molecular weight is 569 g/mol. The molecule has 33 heavy (non-hydrogen) atoms. The summed E-state index contributed by atoms with van der Waals surface area (Å²) in [5.74, 6) is 7.67. The summed E-state index contributed by atoms with van der Waals surface area (Å²) in [5, 5.41) is 18.9. The number of benzene rings is 2. The highest BCUT2D eigenvalue weighted by Gasteiger charge is 2.34. The number of guanidine groups is 1. The molecule has 0 spiro atoms. The third-order valence-electron chi connectivity index (χ3n) is 6.59. The average Bonchev–Trinajstić information content (AvgIpc) is 2.77. The SMILES string of the molecule is Cc1c(C)c2c(c(C)c1O)CCC(C)(CCOc1ccc(CCCN(N)C(=N)N)cc1)O2.I.